The second-order valence-electron chi connectivity index (χ2n) is 4.70. The molecule has 1 aromatic rings. The highest BCUT2D eigenvalue weighted by molar-refractivity contribution is 9.10. The molecule has 1 N–H and O–H groups in total. The molecule has 0 bridgehead atoms. The number of benzene rings is 1. The summed E-state index contributed by atoms with van der Waals surface area (Å²) in [7, 11) is 1.72. The molecule has 1 aromatic carbocycles. The molecule has 17 heavy (non-hydrogen) atoms. The second kappa shape index (κ2) is 5.40. The monoisotopic (exact) mass is 297 g/mol. The first-order chi connectivity index (χ1) is 8.17. The van der Waals surface area contributed by atoms with E-state index < -0.39 is 0 Å². The molecule has 0 spiro atoms. The van der Waals surface area contributed by atoms with Crippen LogP contribution in [0, 0.1) is 0 Å². The summed E-state index contributed by atoms with van der Waals surface area (Å²) in [5.74, 6) is 1.56. The van der Waals surface area contributed by atoms with Gasteiger partial charge in [0.2, 0.25) is 0 Å². The predicted molar refractivity (Wildman–Crippen MR) is 74.8 cm³/mol. The Hall–Kier alpha value is -0.540. The lowest BCUT2D eigenvalue weighted by atomic mass is 9.81. The van der Waals surface area contributed by atoms with Gasteiger partial charge in [-0.1, -0.05) is 29.8 Å². The van der Waals surface area contributed by atoms with Gasteiger partial charge >= 0.3 is 0 Å². The van der Waals surface area contributed by atoms with Crippen LogP contribution >= 0.6 is 15.9 Å². The van der Waals surface area contributed by atoms with Crippen molar-refractivity contribution in [3.63, 3.8) is 0 Å². The Kier molecular flexibility index (Phi) is 4.10. The lowest BCUT2D eigenvalue weighted by Crippen LogP contribution is -2.26. The Balaban J connectivity index is 2.47. The molecule has 3 heteroatoms. The van der Waals surface area contributed by atoms with Gasteiger partial charge in [0.05, 0.1) is 7.11 Å². The van der Waals surface area contributed by atoms with E-state index in [9.17, 15) is 0 Å². The quantitative estimate of drug-likeness (QED) is 0.910. The van der Waals surface area contributed by atoms with Gasteiger partial charge in [0.15, 0.2) is 0 Å². The summed E-state index contributed by atoms with van der Waals surface area (Å²) in [5.41, 5.74) is 2.85. The van der Waals surface area contributed by atoms with Crippen molar-refractivity contribution < 1.29 is 4.74 Å². The van der Waals surface area contributed by atoms with Gasteiger partial charge in [-0.05, 0) is 48.6 Å². The van der Waals surface area contributed by atoms with E-state index in [0.717, 1.165) is 12.3 Å². The van der Waals surface area contributed by atoms with Crippen LogP contribution in [0.15, 0.2) is 16.6 Å². The summed E-state index contributed by atoms with van der Waals surface area (Å²) in [6.07, 6.45) is 2.46. The maximum atomic E-state index is 5.37. The molecule has 2 atom stereocenters. The Morgan fingerprint density at radius 1 is 1.41 bits per heavy atom. The average Bonchev–Trinajstić information content (AvgIpc) is 2.32. The van der Waals surface area contributed by atoms with Gasteiger partial charge in [0.1, 0.15) is 5.75 Å². The zero-order valence-corrected chi connectivity index (χ0v) is 12.3. The highest BCUT2D eigenvalue weighted by Crippen LogP contribution is 2.43. The topological polar surface area (TPSA) is 21.3 Å². The second-order valence-corrected chi connectivity index (χ2v) is 5.56. The van der Waals surface area contributed by atoms with Crippen LogP contribution in [0.3, 0.4) is 0 Å². The van der Waals surface area contributed by atoms with Crippen molar-refractivity contribution in [2.24, 2.45) is 0 Å². The van der Waals surface area contributed by atoms with Crippen LogP contribution in [0.4, 0.5) is 0 Å². The predicted octanol–water partition coefficient (Wildman–Crippen LogP) is 4.01. The third-order valence-corrected chi connectivity index (χ3v) is 4.23. The number of rotatable bonds is 3. The minimum atomic E-state index is 0.470. The van der Waals surface area contributed by atoms with Crippen LogP contribution in [0.1, 0.15) is 49.8 Å². The Morgan fingerprint density at radius 2 is 2.18 bits per heavy atom. The van der Waals surface area contributed by atoms with Crippen molar-refractivity contribution in [2.75, 3.05) is 13.7 Å². The molecule has 0 aliphatic heterocycles. The third kappa shape index (κ3) is 2.50. The van der Waals surface area contributed by atoms with E-state index in [4.69, 9.17) is 4.74 Å². The summed E-state index contributed by atoms with van der Waals surface area (Å²) < 4.78 is 6.55. The van der Waals surface area contributed by atoms with Crippen LogP contribution < -0.4 is 10.1 Å². The van der Waals surface area contributed by atoms with Crippen LogP contribution in [0.5, 0.6) is 5.75 Å². The molecule has 0 saturated heterocycles. The smallest absolute Gasteiger partial charge is 0.120 e. The van der Waals surface area contributed by atoms with E-state index in [1.807, 2.05) is 0 Å². The maximum absolute atomic E-state index is 5.37. The molecule has 2 rings (SSSR count). The fourth-order valence-electron chi connectivity index (χ4n) is 2.71. The first-order valence-corrected chi connectivity index (χ1v) is 7.07. The molecule has 0 saturated carbocycles. The van der Waals surface area contributed by atoms with Crippen molar-refractivity contribution in [3.8, 4) is 5.75 Å². The number of hydrogen-bond donors (Lipinski definition) is 1. The number of methoxy groups -OCH3 is 1. The van der Waals surface area contributed by atoms with Crippen molar-refractivity contribution in [2.45, 2.75) is 38.6 Å². The highest BCUT2D eigenvalue weighted by Gasteiger charge is 2.26. The van der Waals surface area contributed by atoms with Gasteiger partial charge in [-0.15, -0.1) is 0 Å². The number of ether oxygens (including phenoxy) is 1. The standard InChI is InChI=1S/C14H20BrNO/c1-4-16-13-6-5-9(2)14-11(13)7-10(17-3)8-12(14)15/h7-9,13,16H,4-6H2,1-3H3. The van der Waals surface area contributed by atoms with Gasteiger partial charge in [-0.2, -0.15) is 0 Å². The van der Waals surface area contributed by atoms with Gasteiger partial charge in [-0.25, -0.2) is 0 Å². The van der Waals surface area contributed by atoms with Gasteiger partial charge in [-0.3, -0.25) is 0 Å². The lowest BCUT2D eigenvalue weighted by Gasteiger charge is -2.31. The van der Waals surface area contributed by atoms with E-state index >= 15 is 0 Å². The first kappa shape index (κ1) is 12.9. The minimum Gasteiger partial charge on any atom is -0.497 e. The zero-order valence-electron chi connectivity index (χ0n) is 10.7. The SMILES string of the molecule is CCNC1CCC(C)c2c(Br)cc(OC)cc21. The molecule has 0 amide bonds. The van der Waals surface area contributed by atoms with Crippen LogP contribution in [-0.4, -0.2) is 13.7 Å². The van der Waals surface area contributed by atoms with E-state index in [0.29, 0.717) is 12.0 Å². The van der Waals surface area contributed by atoms with E-state index in [1.54, 1.807) is 7.11 Å². The number of nitrogens with one attached hydrogen (secondary N) is 1. The summed E-state index contributed by atoms with van der Waals surface area (Å²) in [4.78, 5) is 0. The molecule has 2 unspecified atom stereocenters. The number of fused-ring (bicyclic) bond motifs is 1. The maximum Gasteiger partial charge on any atom is 0.120 e. The lowest BCUT2D eigenvalue weighted by molar-refractivity contribution is 0.404. The molecular formula is C14H20BrNO. The largest absolute Gasteiger partial charge is 0.497 e. The molecule has 0 radical (unpaired) electrons. The molecule has 1 aliphatic rings. The van der Waals surface area contributed by atoms with Gasteiger partial charge in [0.25, 0.3) is 0 Å². The summed E-state index contributed by atoms with van der Waals surface area (Å²) in [6.45, 7) is 5.47. The first-order valence-electron chi connectivity index (χ1n) is 6.28. The van der Waals surface area contributed by atoms with Crippen LogP contribution in [-0.2, 0) is 0 Å². The third-order valence-electron chi connectivity index (χ3n) is 3.58. The molecule has 0 heterocycles. The van der Waals surface area contributed by atoms with Crippen LogP contribution in [0.25, 0.3) is 0 Å². The highest BCUT2D eigenvalue weighted by atomic mass is 79.9. The Morgan fingerprint density at radius 3 is 2.82 bits per heavy atom. The Bertz CT molecular complexity index is 405. The Labute approximate surface area is 112 Å². The van der Waals surface area contributed by atoms with Gasteiger partial charge in [0, 0.05) is 10.5 Å². The summed E-state index contributed by atoms with van der Waals surface area (Å²) in [6, 6.07) is 4.73. The number of halogens is 1. The number of hydrogen-bond acceptors (Lipinski definition) is 2. The summed E-state index contributed by atoms with van der Waals surface area (Å²) in [5, 5.41) is 3.56. The molecule has 0 aromatic heterocycles. The van der Waals surface area contributed by atoms with Crippen LogP contribution in [0.2, 0.25) is 0 Å². The van der Waals surface area contributed by atoms with Gasteiger partial charge < -0.3 is 10.1 Å². The van der Waals surface area contributed by atoms with E-state index in [2.05, 4.69) is 47.2 Å². The average molecular weight is 298 g/mol. The van der Waals surface area contributed by atoms with Crippen molar-refractivity contribution >= 4 is 15.9 Å². The van der Waals surface area contributed by atoms with E-state index in [1.165, 1.54) is 28.4 Å². The van der Waals surface area contributed by atoms with Crippen molar-refractivity contribution in [3.05, 3.63) is 27.7 Å². The summed E-state index contributed by atoms with van der Waals surface area (Å²) >= 11 is 3.68. The fourth-order valence-corrected chi connectivity index (χ4v) is 3.56. The molecule has 1 aliphatic carbocycles. The minimum absolute atomic E-state index is 0.470. The fraction of sp³-hybridized carbons (Fsp3) is 0.571. The van der Waals surface area contributed by atoms with E-state index in [-0.39, 0.29) is 0 Å². The van der Waals surface area contributed by atoms with Crippen molar-refractivity contribution in [1.82, 2.24) is 5.32 Å². The van der Waals surface area contributed by atoms with Crippen molar-refractivity contribution in [1.29, 1.82) is 0 Å². The molecule has 94 valence electrons. The normalized spacial score (nSPS) is 23.3. The zero-order chi connectivity index (χ0) is 12.4. The molecule has 2 nitrogen and oxygen atoms in total. The molecule has 0 fully saturated rings. The molecular weight excluding hydrogens is 278 g/mol.